The van der Waals surface area contributed by atoms with Gasteiger partial charge in [-0.3, -0.25) is 9.59 Å². The molecule has 2 unspecified atom stereocenters. The monoisotopic (exact) mass is 278 g/mol. The Labute approximate surface area is 121 Å². The molecule has 1 aliphatic heterocycles. The molecule has 1 saturated heterocycles. The van der Waals surface area contributed by atoms with Crippen LogP contribution in [0.15, 0.2) is 0 Å². The number of piperazine rings is 1. The van der Waals surface area contributed by atoms with Gasteiger partial charge in [-0.15, -0.1) is 0 Å². The Morgan fingerprint density at radius 2 is 1.90 bits per heavy atom. The lowest BCUT2D eigenvalue weighted by molar-refractivity contribution is -0.158. The molecule has 1 N–H and O–H groups in total. The van der Waals surface area contributed by atoms with Crippen LogP contribution in [0.1, 0.15) is 59.3 Å². The third-order valence-electron chi connectivity index (χ3n) is 5.66. The van der Waals surface area contributed by atoms with Gasteiger partial charge in [0.25, 0.3) is 0 Å². The number of nitrogens with zero attached hydrogens (tertiary/aromatic N) is 1. The molecule has 4 nitrogen and oxygen atoms in total. The first-order chi connectivity index (χ1) is 9.39. The summed E-state index contributed by atoms with van der Waals surface area (Å²) in [4.78, 5) is 27.3. The van der Waals surface area contributed by atoms with E-state index in [-0.39, 0.29) is 23.3 Å². The van der Waals surface area contributed by atoms with Crippen LogP contribution in [-0.2, 0) is 9.59 Å². The molecule has 3 rings (SSSR count). The zero-order valence-corrected chi connectivity index (χ0v) is 12.9. The number of hydrogen-bond donors (Lipinski definition) is 1. The Morgan fingerprint density at radius 1 is 1.25 bits per heavy atom. The van der Waals surface area contributed by atoms with E-state index in [0.29, 0.717) is 12.3 Å². The highest BCUT2D eigenvalue weighted by atomic mass is 16.2. The highest BCUT2D eigenvalue weighted by Crippen LogP contribution is 2.45. The minimum Gasteiger partial charge on any atom is -0.340 e. The summed E-state index contributed by atoms with van der Waals surface area (Å²) in [7, 11) is 0. The van der Waals surface area contributed by atoms with E-state index in [1.165, 1.54) is 19.3 Å². The fourth-order valence-electron chi connectivity index (χ4n) is 3.85. The Hall–Kier alpha value is -1.06. The van der Waals surface area contributed by atoms with Crippen LogP contribution in [0, 0.1) is 11.3 Å². The molecule has 112 valence electrons. The second-order valence-electron chi connectivity index (χ2n) is 7.49. The maximum Gasteiger partial charge on any atom is 0.249 e. The first-order valence-electron chi connectivity index (χ1n) is 8.03. The molecular formula is C16H26N2O2. The SMILES string of the molecule is CCC1C(=O)NC(C)(C2CC2)C(=O)N1CC1(C)CCC1. The fraction of sp³-hybridized carbons (Fsp3) is 0.875. The number of carbonyl (C=O) groups is 2. The molecule has 2 amide bonds. The third-order valence-corrected chi connectivity index (χ3v) is 5.66. The van der Waals surface area contributed by atoms with Gasteiger partial charge in [0.15, 0.2) is 0 Å². The number of rotatable bonds is 4. The first kappa shape index (κ1) is 13.9. The maximum atomic E-state index is 13.0. The summed E-state index contributed by atoms with van der Waals surface area (Å²) in [6.45, 7) is 6.91. The van der Waals surface area contributed by atoms with Gasteiger partial charge in [-0.2, -0.15) is 0 Å². The topological polar surface area (TPSA) is 49.4 Å². The maximum absolute atomic E-state index is 13.0. The molecule has 1 heterocycles. The second-order valence-corrected chi connectivity index (χ2v) is 7.49. The van der Waals surface area contributed by atoms with Crippen molar-refractivity contribution in [2.45, 2.75) is 70.9 Å². The highest BCUT2D eigenvalue weighted by molar-refractivity contribution is 6.00. The number of nitrogens with one attached hydrogen (secondary N) is 1. The van der Waals surface area contributed by atoms with Crippen molar-refractivity contribution in [1.29, 1.82) is 0 Å². The molecule has 0 spiro atoms. The number of amides is 2. The smallest absolute Gasteiger partial charge is 0.249 e. The van der Waals surface area contributed by atoms with E-state index < -0.39 is 5.54 Å². The zero-order valence-electron chi connectivity index (χ0n) is 12.9. The van der Waals surface area contributed by atoms with E-state index >= 15 is 0 Å². The lowest BCUT2D eigenvalue weighted by Gasteiger charge is -2.50. The average molecular weight is 278 g/mol. The minimum absolute atomic E-state index is 0.0458. The lowest BCUT2D eigenvalue weighted by Crippen LogP contribution is -2.71. The summed E-state index contributed by atoms with van der Waals surface area (Å²) in [5, 5.41) is 3.03. The molecule has 20 heavy (non-hydrogen) atoms. The molecule has 0 aromatic heterocycles. The summed E-state index contributed by atoms with van der Waals surface area (Å²) < 4.78 is 0. The standard InChI is InChI=1S/C16H26N2O2/c1-4-12-13(19)17-16(3,11-6-7-11)14(20)18(12)10-15(2)8-5-9-15/h11-12H,4-10H2,1-3H3,(H,17,19). The summed E-state index contributed by atoms with van der Waals surface area (Å²) in [6, 6.07) is -0.272. The van der Waals surface area contributed by atoms with Crippen LogP contribution in [0.2, 0.25) is 0 Å². The Balaban J connectivity index is 1.85. The molecule has 0 aromatic carbocycles. The van der Waals surface area contributed by atoms with Crippen molar-refractivity contribution < 1.29 is 9.59 Å². The molecular weight excluding hydrogens is 252 g/mol. The Bertz CT molecular complexity index is 440. The van der Waals surface area contributed by atoms with Crippen LogP contribution in [0.3, 0.4) is 0 Å². The van der Waals surface area contributed by atoms with Gasteiger partial charge in [0.1, 0.15) is 11.6 Å². The van der Waals surface area contributed by atoms with E-state index in [2.05, 4.69) is 12.2 Å². The van der Waals surface area contributed by atoms with Crippen molar-refractivity contribution in [1.82, 2.24) is 10.2 Å². The van der Waals surface area contributed by atoms with Crippen molar-refractivity contribution in [3.8, 4) is 0 Å². The van der Waals surface area contributed by atoms with Crippen LogP contribution < -0.4 is 5.32 Å². The van der Waals surface area contributed by atoms with Crippen molar-refractivity contribution in [3.63, 3.8) is 0 Å². The Kier molecular flexibility index (Phi) is 3.11. The van der Waals surface area contributed by atoms with Gasteiger partial charge in [0.2, 0.25) is 11.8 Å². The molecule has 3 fully saturated rings. The van der Waals surface area contributed by atoms with E-state index in [0.717, 1.165) is 19.4 Å². The van der Waals surface area contributed by atoms with Gasteiger partial charge in [-0.1, -0.05) is 20.3 Å². The molecule has 2 aliphatic carbocycles. The van der Waals surface area contributed by atoms with Gasteiger partial charge >= 0.3 is 0 Å². The molecule has 3 aliphatic rings. The molecule has 4 heteroatoms. The summed E-state index contributed by atoms with van der Waals surface area (Å²) in [5.41, 5.74) is -0.423. The average Bonchev–Trinajstić information content (AvgIpc) is 3.18. The molecule has 0 bridgehead atoms. The summed E-state index contributed by atoms with van der Waals surface area (Å²) in [6.07, 6.45) is 6.43. The summed E-state index contributed by atoms with van der Waals surface area (Å²) >= 11 is 0. The number of hydrogen-bond acceptors (Lipinski definition) is 2. The molecule has 0 radical (unpaired) electrons. The van der Waals surface area contributed by atoms with Crippen LogP contribution >= 0.6 is 0 Å². The van der Waals surface area contributed by atoms with E-state index in [9.17, 15) is 9.59 Å². The lowest BCUT2D eigenvalue weighted by atomic mass is 9.69. The minimum atomic E-state index is -0.650. The molecule has 2 saturated carbocycles. The molecule has 0 aromatic rings. The van der Waals surface area contributed by atoms with Crippen LogP contribution in [-0.4, -0.2) is 34.8 Å². The van der Waals surface area contributed by atoms with Crippen molar-refractivity contribution in [3.05, 3.63) is 0 Å². The van der Waals surface area contributed by atoms with Gasteiger partial charge in [-0.05, 0) is 50.4 Å². The second kappa shape index (κ2) is 4.47. The van der Waals surface area contributed by atoms with E-state index in [1.54, 1.807) is 0 Å². The van der Waals surface area contributed by atoms with Crippen molar-refractivity contribution >= 4 is 11.8 Å². The predicted molar refractivity (Wildman–Crippen MR) is 77.0 cm³/mol. The van der Waals surface area contributed by atoms with E-state index in [4.69, 9.17) is 0 Å². The van der Waals surface area contributed by atoms with Crippen LogP contribution in [0.5, 0.6) is 0 Å². The van der Waals surface area contributed by atoms with Crippen molar-refractivity contribution in [2.75, 3.05) is 6.54 Å². The Morgan fingerprint density at radius 3 is 2.35 bits per heavy atom. The van der Waals surface area contributed by atoms with Gasteiger partial charge < -0.3 is 10.2 Å². The predicted octanol–water partition coefficient (Wildman–Crippen LogP) is 2.08. The van der Waals surface area contributed by atoms with Gasteiger partial charge in [0.05, 0.1) is 0 Å². The number of carbonyl (C=O) groups excluding carboxylic acids is 2. The first-order valence-corrected chi connectivity index (χ1v) is 8.03. The molecule has 2 atom stereocenters. The fourth-order valence-corrected chi connectivity index (χ4v) is 3.85. The van der Waals surface area contributed by atoms with Crippen LogP contribution in [0.25, 0.3) is 0 Å². The van der Waals surface area contributed by atoms with Gasteiger partial charge in [-0.25, -0.2) is 0 Å². The van der Waals surface area contributed by atoms with Gasteiger partial charge in [0, 0.05) is 6.54 Å². The summed E-state index contributed by atoms with van der Waals surface area (Å²) in [5.74, 6) is 0.539. The van der Waals surface area contributed by atoms with Crippen molar-refractivity contribution in [2.24, 2.45) is 11.3 Å². The van der Waals surface area contributed by atoms with Crippen LogP contribution in [0.4, 0.5) is 0 Å². The highest BCUT2D eigenvalue weighted by Gasteiger charge is 2.55. The zero-order chi connectivity index (χ0) is 14.5. The third kappa shape index (κ3) is 2.04. The largest absolute Gasteiger partial charge is 0.340 e. The quantitative estimate of drug-likeness (QED) is 0.856. The van der Waals surface area contributed by atoms with E-state index in [1.807, 2.05) is 18.7 Å². The normalized spacial score (nSPS) is 36.5.